The summed E-state index contributed by atoms with van der Waals surface area (Å²) < 4.78 is 25.8. The van der Waals surface area contributed by atoms with E-state index in [1.807, 2.05) is 32.0 Å². The first-order valence-electron chi connectivity index (χ1n) is 10.9. The van der Waals surface area contributed by atoms with Gasteiger partial charge in [0.05, 0.1) is 11.9 Å². The zero-order chi connectivity index (χ0) is 24.6. The fraction of sp³-hybridized carbons (Fsp3) is 0.417. The standard InChI is InChI=1S/C24H32ClN3O4S/c1-18(2)26-24(30)19(3)27(17-20-12-14-21(25)15-13-20)23(29)11-8-16-28(33(4,31)32)22-9-6-5-7-10-22/h5-7,9-10,12-15,18-19H,8,11,16-17H2,1-4H3,(H,26,30)/t19-/m1/s1. The number of para-hydroxylation sites is 1. The van der Waals surface area contributed by atoms with Crippen LogP contribution in [0, 0.1) is 0 Å². The van der Waals surface area contributed by atoms with Crippen molar-refractivity contribution in [3.8, 4) is 0 Å². The highest BCUT2D eigenvalue weighted by atomic mass is 35.5. The number of carbonyl (C=O) groups excluding carboxylic acids is 2. The number of nitrogens with zero attached hydrogens (tertiary/aromatic N) is 2. The van der Waals surface area contributed by atoms with Crippen LogP contribution in [0.2, 0.25) is 5.02 Å². The maximum atomic E-state index is 13.2. The second-order valence-electron chi connectivity index (χ2n) is 8.26. The van der Waals surface area contributed by atoms with Crippen molar-refractivity contribution in [2.45, 2.75) is 52.2 Å². The van der Waals surface area contributed by atoms with E-state index < -0.39 is 16.1 Å². The summed E-state index contributed by atoms with van der Waals surface area (Å²) in [6, 6.07) is 15.1. The molecule has 33 heavy (non-hydrogen) atoms. The van der Waals surface area contributed by atoms with Crippen molar-refractivity contribution in [1.82, 2.24) is 10.2 Å². The first-order chi connectivity index (χ1) is 15.5. The second-order valence-corrected chi connectivity index (χ2v) is 10.6. The van der Waals surface area contributed by atoms with Gasteiger partial charge >= 0.3 is 0 Å². The molecule has 2 aromatic rings. The number of hydrogen-bond acceptors (Lipinski definition) is 4. The highest BCUT2D eigenvalue weighted by Gasteiger charge is 2.27. The van der Waals surface area contributed by atoms with Crippen molar-refractivity contribution in [1.29, 1.82) is 0 Å². The van der Waals surface area contributed by atoms with Gasteiger partial charge in [0.2, 0.25) is 21.8 Å². The molecule has 0 aromatic heterocycles. The van der Waals surface area contributed by atoms with E-state index in [9.17, 15) is 18.0 Å². The maximum absolute atomic E-state index is 13.2. The van der Waals surface area contributed by atoms with Crippen molar-refractivity contribution in [2.75, 3.05) is 17.1 Å². The summed E-state index contributed by atoms with van der Waals surface area (Å²) in [4.78, 5) is 27.3. The molecule has 0 aliphatic heterocycles. The molecule has 1 N–H and O–H groups in total. The van der Waals surface area contributed by atoms with E-state index in [4.69, 9.17) is 11.6 Å². The van der Waals surface area contributed by atoms with E-state index in [0.717, 1.165) is 11.8 Å². The molecule has 2 amide bonds. The molecule has 180 valence electrons. The summed E-state index contributed by atoms with van der Waals surface area (Å²) >= 11 is 5.97. The van der Waals surface area contributed by atoms with Crippen molar-refractivity contribution < 1.29 is 18.0 Å². The van der Waals surface area contributed by atoms with Crippen molar-refractivity contribution in [3.63, 3.8) is 0 Å². The Hall–Kier alpha value is -2.58. The number of amides is 2. The van der Waals surface area contributed by atoms with Gasteiger partial charge in [0, 0.05) is 30.6 Å². The van der Waals surface area contributed by atoms with Crippen LogP contribution in [0.25, 0.3) is 0 Å². The van der Waals surface area contributed by atoms with Crippen molar-refractivity contribution >= 4 is 39.1 Å². The molecule has 0 aliphatic rings. The van der Waals surface area contributed by atoms with E-state index in [2.05, 4.69) is 5.32 Å². The molecule has 0 aliphatic carbocycles. The molecule has 0 unspecified atom stereocenters. The zero-order valence-electron chi connectivity index (χ0n) is 19.5. The molecular weight excluding hydrogens is 462 g/mol. The first-order valence-corrected chi connectivity index (χ1v) is 13.1. The number of benzene rings is 2. The summed E-state index contributed by atoms with van der Waals surface area (Å²) in [5, 5.41) is 3.43. The minimum atomic E-state index is -3.50. The van der Waals surface area contributed by atoms with Crippen LogP contribution in [-0.2, 0) is 26.2 Å². The normalized spacial score (nSPS) is 12.3. The monoisotopic (exact) mass is 493 g/mol. The fourth-order valence-electron chi connectivity index (χ4n) is 3.37. The second kappa shape index (κ2) is 12.0. The van der Waals surface area contributed by atoms with Gasteiger partial charge in [0.1, 0.15) is 6.04 Å². The molecule has 0 radical (unpaired) electrons. The quantitative estimate of drug-likeness (QED) is 0.515. The van der Waals surface area contributed by atoms with Gasteiger partial charge in [-0.15, -0.1) is 0 Å². The van der Waals surface area contributed by atoms with Crippen LogP contribution >= 0.6 is 11.6 Å². The van der Waals surface area contributed by atoms with Crippen LogP contribution in [-0.4, -0.2) is 50.0 Å². The Labute approximate surface area is 201 Å². The number of rotatable bonds is 11. The molecule has 0 spiro atoms. The molecule has 7 nitrogen and oxygen atoms in total. The smallest absolute Gasteiger partial charge is 0.242 e. The molecule has 2 aromatic carbocycles. The Morgan fingerprint density at radius 2 is 1.61 bits per heavy atom. The summed E-state index contributed by atoms with van der Waals surface area (Å²) in [7, 11) is -3.50. The van der Waals surface area contributed by atoms with E-state index in [1.165, 1.54) is 9.21 Å². The number of sulfonamides is 1. The summed E-state index contributed by atoms with van der Waals surface area (Å²) in [6.07, 6.45) is 1.56. The van der Waals surface area contributed by atoms with Gasteiger partial charge in [-0.25, -0.2) is 8.42 Å². The van der Waals surface area contributed by atoms with Gasteiger partial charge in [-0.2, -0.15) is 0 Å². The van der Waals surface area contributed by atoms with Crippen LogP contribution in [0.4, 0.5) is 5.69 Å². The van der Waals surface area contributed by atoms with E-state index in [0.29, 0.717) is 17.1 Å². The molecule has 0 saturated carbocycles. The number of hydrogen-bond donors (Lipinski definition) is 1. The van der Waals surface area contributed by atoms with Gasteiger partial charge in [-0.3, -0.25) is 13.9 Å². The van der Waals surface area contributed by atoms with Crippen LogP contribution in [0.5, 0.6) is 0 Å². The SMILES string of the molecule is CC(C)NC(=O)[C@@H](C)N(Cc1ccc(Cl)cc1)C(=O)CCCN(c1ccccc1)S(C)(=O)=O. The molecule has 0 bridgehead atoms. The number of nitrogens with one attached hydrogen (secondary N) is 1. The number of carbonyl (C=O) groups is 2. The van der Waals surface area contributed by atoms with Crippen LogP contribution < -0.4 is 9.62 Å². The molecule has 0 saturated heterocycles. The minimum absolute atomic E-state index is 0.0541. The Morgan fingerprint density at radius 1 is 1.00 bits per heavy atom. The average molecular weight is 494 g/mol. The van der Waals surface area contributed by atoms with Crippen molar-refractivity contribution in [3.05, 3.63) is 65.2 Å². The highest BCUT2D eigenvalue weighted by molar-refractivity contribution is 7.92. The fourth-order valence-corrected chi connectivity index (χ4v) is 4.46. The third kappa shape index (κ3) is 8.37. The van der Waals surface area contributed by atoms with E-state index in [-0.39, 0.29) is 37.4 Å². The van der Waals surface area contributed by atoms with Gasteiger partial charge in [-0.05, 0) is 57.0 Å². The Kier molecular flexibility index (Phi) is 9.73. The van der Waals surface area contributed by atoms with Gasteiger partial charge in [0.25, 0.3) is 0 Å². The van der Waals surface area contributed by atoms with Gasteiger partial charge in [-0.1, -0.05) is 41.9 Å². The molecule has 9 heteroatoms. The lowest BCUT2D eigenvalue weighted by atomic mass is 10.1. The van der Waals surface area contributed by atoms with E-state index in [1.54, 1.807) is 43.3 Å². The predicted molar refractivity (Wildman–Crippen MR) is 133 cm³/mol. The van der Waals surface area contributed by atoms with Gasteiger partial charge in [0.15, 0.2) is 0 Å². The maximum Gasteiger partial charge on any atom is 0.242 e. The number of anilines is 1. The third-order valence-electron chi connectivity index (χ3n) is 5.06. The third-order valence-corrected chi connectivity index (χ3v) is 6.51. The van der Waals surface area contributed by atoms with Crippen LogP contribution in [0.3, 0.4) is 0 Å². The van der Waals surface area contributed by atoms with E-state index >= 15 is 0 Å². The minimum Gasteiger partial charge on any atom is -0.352 e. The Bertz CT molecular complexity index is 1030. The Morgan fingerprint density at radius 3 is 2.15 bits per heavy atom. The Balaban J connectivity index is 2.14. The lowest BCUT2D eigenvalue weighted by Gasteiger charge is -2.30. The van der Waals surface area contributed by atoms with Gasteiger partial charge < -0.3 is 10.2 Å². The largest absolute Gasteiger partial charge is 0.352 e. The highest BCUT2D eigenvalue weighted by Crippen LogP contribution is 2.19. The predicted octanol–water partition coefficient (Wildman–Crippen LogP) is 3.83. The topological polar surface area (TPSA) is 86.8 Å². The van der Waals surface area contributed by atoms with Crippen LogP contribution in [0.1, 0.15) is 39.2 Å². The molecular formula is C24H32ClN3O4S. The summed E-state index contributed by atoms with van der Waals surface area (Å²) in [5.41, 5.74) is 1.40. The molecule has 0 heterocycles. The summed E-state index contributed by atoms with van der Waals surface area (Å²) in [6.45, 7) is 5.82. The summed E-state index contributed by atoms with van der Waals surface area (Å²) in [5.74, 6) is -0.466. The lowest BCUT2D eigenvalue weighted by Crippen LogP contribution is -2.49. The van der Waals surface area contributed by atoms with Crippen molar-refractivity contribution in [2.24, 2.45) is 0 Å². The zero-order valence-corrected chi connectivity index (χ0v) is 21.1. The van der Waals surface area contributed by atoms with Crippen LogP contribution in [0.15, 0.2) is 54.6 Å². The average Bonchev–Trinajstić information content (AvgIpc) is 2.75. The number of halogens is 1. The molecule has 0 fully saturated rings. The molecule has 2 rings (SSSR count). The lowest BCUT2D eigenvalue weighted by molar-refractivity contribution is -0.140. The first kappa shape index (κ1) is 26.7. The molecule has 1 atom stereocenters.